The van der Waals surface area contributed by atoms with Crippen LogP contribution in [0.2, 0.25) is 0 Å². The first-order valence-electron chi connectivity index (χ1n) is 5.78. The lowest BCUT2D eigenvalue weighted by molar-refractivity contribution is -0.139. The third kappa shape index (κ3) is 3.28. The maximum atomic E-state index is 10.7. The zero-order chi connectivity index (χ0) is 12.3. The van der Waals surface area contributed by atoms with E-state index in [0.717, 1.165) is 5.56 Å². The molecule has 92 valence electrons. The van der Waals surface area contributed by atoms with Crippen LogP contribution in [0.3, 0.4) is 0 Å². The fourth-order valence-corrected chi connectivity index (χ4v) is 2.03. The monoisotopic (exact) mass is 235 g/mol. The predicted octanol–water partition coefficient (Wildman–Crippen LogP) is 1.33. The summed E-state index contributed by atoms with van der Waals surface area (Å²) in [6.45, 7) is 3.20. The van der Waals surface area contributed by atoms with Crippen LogP contribution in [0.5, 0.6) is 0 Å². The summed E-state index contributed by atoms with van der Waals surface area (Å²) < 4.78 is 5.70. The molecule has 4 heteroatoms. The van der Waals surface area contributed by atoms with Crippen LogP contribution >= 0.6 is 0 Å². The van der Waals surface area contributed by atoms with E-state index in [1.807, 2.05) is 25.1 Å². The lowest BCUT2D eigenvalue weighted by Crippen LogP contribution is -2.29. The lowest BCUT2D eigenvalue weighted by atomic mass is 10.1. The molecular formula is C13H17NO3. The van der Waals surface area contributed by atoms with Crippen LogP contribution in [0.1, 0.15) is 17.5 Å². The Morgan fingerprint density at radius 2 is 2.41 bits per heavy atom. The molecule has 4 nitrogen and oxygen atoms in total. The SMILES string of the molecule is Cc1cccc(COC2CNC(C(=O)O)C2)c1. The number of carboxylic acids is 1. The molecule has 2 atom stereocenters. The fourth-order valence-electron chi connectivity index (χ4n) is 2.03. The van der Waals surface area contributed by atoms with Crippen molar-refractivity contribution < 1.29 is 14.6 Å². The van der Waals surface area contributed by atoms with Crippen LogP contribution in [0, 0.1) is 6.92 Å². The summed E-state index contributed by atoms with van der Waals surface area (Å²) in [6.07, 6.45) is 0.540. The van der Waals surface area contributed by atoms with E-state index >= 15 is 0 Å². The van der Waals surface area contributed by atoms with Crippen molar-refractivity contribution in [2.45, 2.75) is 32.1 Å². The number of rotatable bonds is 4. The highest BCUT2D eigenvalue weighted by molar-refractivity contribution is 5.73. The first-order valence-corrected chi connectivity index (χ1v) is 5.78. The van der Waals surface area contributed by atoms with E-state index in [1.54, 1.807) is 0 Å². The van der Waals surface area contributed by atoms with E-state index in [-0.39, 0.29) is 6.10 Å². The largest absolute Gasteiger partial charge is 0.480 e. The Kier molecular flexibility index (Phi) is 3.76. The number of carboxylic acid groups (broad SMARTS) is 1. The normalized spacial score (nSPS) is 23.8. The molecule has 0 radical (unpaired) electrons. The van der Waals surface area contributed by atoms with Crippen molar-refractivity contribution >= 4 is 5.97 Å². The summed E-state index contributed by atoms with van der Waals surface area (Å²) in [7, 11) is 0. The first kappa shape index (κ1) is 12.1. The minimum absolute atomic E-state index is 0.00314. The zero-order valence-corrected chi connectivity index (χ0v) is 9.85. The molecule has 0 aliphatic carbocycles. The molecular weight excluding hydrogens is 218 g/mol. The number of benzene rings is 1. The van der Waals surface area contributed by atoms with E-state index in [9.17, 15) is 4.79 Å². The van der Waals surface area contributed by atoms with Crippen molar-refractivity contribution in [2.24, 2.45) is 0 Å². The molecule has 1 fully saturated rings. The van der Waals surface area contributed by atoms with Crippen molar-refractivity contribution in [1.82, 2.24) is 5.32 Å². The molecule has 1 saturated heterocycles. The van der Waals surface area contributed by atoms with E-state index in [0.29, 0.717) is 19.6 Å². The van der Waals surface area contributed by atoms with Crippen LogP contribution in [0.15, 0.2) is 24.3 Å². The van der Waals surface area contributed by atoms with Gasteiger partial charge >= 0.3 is 5.97 Å². The maximum absolute atomic E-state index is 10.7. The van der Waals surface area contributed by atoms with E-state index in [2.05, 4.69) is 11.4 Å². The fraction of sp³-hybridized carbons (Fsp3) is 0.462. The summed E-state index contributed by atoms with van der Waals surface area (Å²) in [6, 6.07) is 7.68. The van der Waals surface area contributed by atoms with Crippen LogP contribution in [0.4, 0.5) is 0 Å². The predicted molar refractivity (Wildman–Crippen MR) is 63.8 cm³/mol. The van der Waals surface area contributed by atoms with Crippen molar-refractivity contribution in [3.05, 3.63) is 35.4 Å². The third-order valence-electron chi connectivity index (χ3n) is 2.96. The Morgan fingerprint density at radius 1 is 1.59 bits per heavy atom. The average molecular weight is 235 g/mol. The van der Waals surface area contributed by atoms with Gasteiger partial charge in [-0.25, -0.2) is 0 Å². The van der Waals surface area contributed by atoms with Gasteiger partial charge < -0.3 is 15.2 Å². The second-order valence-electron chi connectivity index (χ2n) is 4.46. The number of hydrogen-bond donors (Lipinski definition) is 2. The summed E-state index contributed by atoms with van der Waals surface area (Å²) in [4.78, 5) is 10.7. The Hall–Kier alpha value is -1.39. The van der Waals surface area contributed by atoms with Gasteiger partial charge in [-0.2, -0.15) is 0 Å². The summed E-state index contributed by atoms with van der Waals surface area (Å²) in [5.41, 5.74) is 2.34. The van der Waals surface area contributed by atoms with Gasteiger partial charge in [-0.3, -0.25) is 4.79 Å². The molecule has 1 aliphatic rings. The Balaban J connectivity index is 1.82. The highest BCUT2D eigenvalue weighted by Crippen LogP contribution is 2.13. The van der Waals surface area contributed by atoms with E-state index < -0.39 is 12.0 Å². The second-order valence-corrected chi connectivity index (χ2v) is 4.46. The quantitative estimate of drug-likeness (QED) is 0.826. The van der Waals surface area contributed by atoms with Crippen molar-refractivity contribution in [3.8, 4) is 0 Å². The van der Waals surface area contributed by atoms with Gasteiger partial charge in [-0.1, -0.05) is 29.8 Å². The smallest absolute Gasteiger partial charge is 0.320 e. The standard InChI is InChI=1S/C13H17NO3/c1-9-3-2-4-10(5-9)8-17-11-6-12(13(15)16)14-7-11/h2-5,11-12,14H,6-8H2,1H3,(H,15,16). The average Bonchev–Trinajstić information content (AvgIpc) is 2.75. The first-order chi connectivity index (χ1) is 8.15. The van der Waals surface area contributed by atoms with Gasteiger partial charge in [0.25, 0.3) is 0 Å². The molecule has 0 bridgehead atoms. The van der Waals surface area contributed by atoms with Crippen LogP contribution in [0.25, 0.3) is 0 Å². The van der Waals surface area contributed by atoms with Crippen LogP contribution in [-0.4, -0.2) is 29.8 Å². The van der Waals surface area contributed by atoms with Crippen LogP contribution < -0.4 is 5.32 Å². The zero-order valence-electron chi connectivity index (χ0n) is 9.85. The number of aryl methyl sites for hydroxylation is 1. The number of ether oxygens (including phenoxy) is 1. The Labute approximate surface area is 101 Å². The van der Waals surface area contributed by atoms with Gasteiger partial charge in [-0.15, -0.1) is 0 Å². The lowest BCUT2D eigenvalue weighted by Gasteiger charge is -2.10. The Morgan fingerprint density at radius 3 is 3.06 bits per heavy atom. The minimum atomic E-state index is -0.799. The molecule has 0 spiro atoms. The highest BCUT2D eigenvalue weighted by Gasteiger charge is 2.29. The molecule has 17 heavy (non-hydrogen) atoms. The molecule has 0 aromatic heterocycles. The molecule has 1 aromatic rings. The number of aliphatic carboxylic acids is 1. The van der Waals surface area contributed by atoms with Crippen molar-refractivity contribution in [2.75, 3.05) is 6.54 Å². The number of hydrogen-bond acceptors (Lipinski definition) is 3. The van der Waals surface area contributed by atoms with Crippen molar-refractivity contribution in [3.63, 3.8) is 0 Å². The molecule has 2 N–H and O–H groups in total. The minimum Gasteiger partial charge on any atom is -0.480 e. The molecule has 2 unspecified atom stereocenters. The van der Waals surface area contributed by atoms with Gasteiger partial charge in [0, 0.05) is 13.0 Å². The molecule has 2 rings (SSSR count). The topological polar surface area (TPSA) is 58.6 Å². The van der Waals surface area contributed by atoms with Crippen molar-refractivity contribution in [1.29, 1.82) is 0 Å². The highest BCUT2D eigenvalue weighted by atomic mass is 16.5. The number of nitrogens with one attached hydrogen (secondary N) is 1. The van der Waals surface area contributed by atoms with E-state index in [1.165, 1.54) is 5.56 Å². The molecule has 1 heterocycles. The number of carbonyl (C=O) groups is 1. The van der Waals surface area contributed by atoms with Gasteiger partial charge in [-0.05, 0) is 12.5 Å². The molecule has 1 aliphatic heterocycles. The summed E-state index contributed by atoms with van der Waals surface area (Å²) in [5.74, 6) is -0.799. The van der Waals surface area contributed by atoms with Crippen LogP contribution in [-0.2, 0) is 16.1 Å². The molecule has 0 saturated carbocycles. The summed E-state index contributed by atoms with van der Waals surface area (Å²) >= 11 is 0. The third-order valence-corrected chi connectivity index (χ3v) is 2.96. The van der Waals surface area contributed by atoms with Gasteiger partial charge in [0.1, 0.15) is 6.04 Å². The summed E-state index contributed by atoms with van der Waals surface area (Å²) in [5, 5.41) is 11.8. The second kappa shape index (κ2) is 5.29. The van der Waals surface area contributed by atoms with Gasteiger partial charge in [0.15, 0.2) is 0 Å². The molecule has 0 amide bonds. The Bertz CT molecular complexity index is 405. The van der Waals surface area contributed by atoms with Gasteiger partial charge in [0.05, 0.1) is 12.7 Å². The van der Waals surface area contributed by atoms with Gasteiger partial charge in [0.2, 0.25) is 0 Å². The maximum Gasteiger partial charge on any atom is 0.320 e. The van der Waals surface area contributed by atoms with E-state index in [4.69, 9.17) is 9.84 Å². The molecule has 1 aromatic carbocycles.